The Hall–Kier alpha value is -4.93. The third-order valence-corrected chi connectivity index (χ3v) is 13.7. The van der Waals surface area contributed by atoms with Gasteiger partial charge in [0, 0.05) is 93.2 Å². The number of ether oxygens (including phenoxy) is 1. The first-order chi connectivity index (χ1) is 28.7. The number of piperidine rings is 2. The van der Waals surface area contributed by atoms with Crippen LogP contribution in [-0.2, 0) is 14.3 Å². The summed E-state index contributed by atoms with van der Waals surface area (Å²) in [6.07, 6.45) is 7.26. The van der Waals surface area contributed by atoms with Crippen molar-refractivity contribution in [3.63, 3.8) is 0 Å². The number of hydrogen-bond acceptors (Lipinski definition) is 12. The first-order valence-corrected chi connectivity index (χ1v) is 21.3. The van der Waals surface area contributed by atoms with Crippen LogP contribution < -0.4 is 15.5 Å². The van der Waals surface area contributed by atoms with Crippen LogP contribution in [0.1, 0.15) is 52.8 Å². The Kier molecular flexibility index (Phi) is 10.1. The fourth-order valence-corrected chi connectivity index (χ4v) is 10.3. The summed E-state index contributed by atoms with van der Waals surface area (Å²) in [5.74, 6) is -0.674. The summed E-state index contributed by atoms with van der Waals surface area (Å²) in [6, 6.07) is 12.8. The van der Waals surface area contributed by atoms with Crippen LogP contribution in [0.15, 0.2) is 54.9 Å². The molecule has 5 saturated heterocycles. The smallest absolute Gasteiger partial charge is 0.262 e. The number of benzene rings is 2. The Morgan fingerprint density at radius 1 is 0.864 bits per heavy atom. The number of carbonyl (C=O) groups excluding carboxylic acids is 4. The Balaban J connectivity index is 0.690. The van der Waals surface area contributed by atoms with Crippen molar-refractivity contribution in [1.29, 1.82) is 0 Å². The highest BCUT2D eigenvalue weighted by Crippen LogP contribution is 2.36. The number of H-pyrrole nitrogens is 1. The maximum absolute atomic E-state index is 13.4. The lowest BCUT2D eigenvalue weighted by Crippen LogP contribution is -2.68. The first-order valence-electron chi connectivity index (χ1n) is 20.9. The van der Waals surface area contributed by atoms with E-state index in [9.17, 15) is 19.2 Å². The average molecular weight is 821 g/mol. The highest BCUT2D eigenvalue weighted by Gasteiger charge is 2.48. The maximum atomic E-state index is 13.4. The van der Waals surface area contributed by atoms with E-state index >= 15 is 0 Å². The van der Waals surface area contributed by atoms with E-state index in [0.717, 1.165) is 118 Å². The van der Waals surface area contributed by atoms with Crippen LogP contribution in [0.2, 0.25) is 5.02 Å². The second-order valence-electron chi connectivity index (χ2n) is 17.1. The highest BCUT2D eigenvalue weighted by molar-refractivity contribution is 6.33. The molecule has 15 nitrogen and oxygen atoms in total. The van der Waals surface area contributed by atoms with Gasteiger partial charge in [0.2, 0.25) is 17.8 Å². The van der Waals surface area contributed by atoms with Gasteiger partial charge in [0.1, 0.15) is 6.04 Å². The predicted molar refractivity (Wildman–Crippen MR) is 222 cm³/mol. The van der Waals surface area contributed by atoms with E-state index in [1.54, 1.807) is 18.3 Å². The molecule has 0 saturated carbocycles. The number of nitrogens with one attached hydrogen (secondary N) is 3. The molecule has 0 spiro atoms. The minimum atomic E-state index is -0.961. The summed E-state index contributed by atoms with van der Waals surface area (Å²) in [6.45, 7) is 11.3. The number of amides is 4. The lowest BCUT2D eigenvalue weighted by Gasteiger charge is -2.53. The minimum Gasteiger partial charge on any atom is -0.377 e. The molecule has 2 aromatic heterocycles. The molecule has 4 amide bonds. The van der Waals surface area contributed by atoms with Gasteiger partial charge in [0.05, 0.1) is 46.8 Å². The molecule has 5 fully saturated rings. The number of hydrogen-bond donors (Lipinski definition) is 3. The number of carbonyl (C=O) groups is 4. The lowest BCUT2D eigenvalue weighted by molar-refractivity contribution is -0.157. The monoisotopic (exact) mass is 820 g/mol. The molecular formula is C43H49ClN10O5. The quantitative estimate of drug-likeness (QED) is 0.201. The van der Waals surface area contributed by atoms with Gasteiger partial charge in [-0.25, -0.2) is 9.97 Å². The van der Waals surface area contributed by atoms with Gasteiger partial charge in [0.15, 0.2) is 0 Å². The lowest BCUT2D eigenvalue weighted by atomic mass is 9.88. The number of fused-ring (bicyclic) bond motifs is 2. The molecule has 10 rings (SSSR count). The molecule has 1 unspecified atom stereocenters. The number of likely N-dealkylation sites (tertiary alicyclic amines) is 2. The molecule has 2 aromatic carbocycles. The van der Waals surface area contributed by atoms with E-state index in [0.29, 0.717) is 28.0 Å². The van der Waals surface area contributed by atoms with Crippen molar-refractivity contribution in [3.8, 4) is 11.3 Å². The van der Waals surface area contributed by atoms with Crippen LogP contribution in [-0.4, -0.2) is 154 Å². The normalized spacial score (nSPS) is 24.5. The molecule has 59 heavy (non-hydrogen) atoms. The summed E-state index contributed by atoms with van der Waals surface area (Å²) in [7, 11) is 0. The van der Waals surface area contributed by atoms with Crippen molar-refractivity contribution in [3.05, 3.63) is 71.0 Å². The van der Waals surface area contributed by atoms with Gasteiger partial charge in [-0.1, -0.05) is 29.8 Å². The van der Waals surface area contributed by atoms with Gasteiger partial charge >= 0.3 is 0 Å². The fourth-order valence-electron chi connectivity index (χ4n) is 10.1. The Morgan fingerprint density at radius 3 is 2.44 bits per heavy atom. The molecule has 8 heterocycles. The van der Waals surface area contributed by atoms with Crippen LogP contribution in [0.3, 0.4) is 0 Å². The van der Waals surface area contributed by atoms with Crippen LogP contribution >= 0.6 is 11.6 Å². The van der Waals surface area contributed by atoms with E-state index in [-0.39, 0.29) is 30.3 Å². The molecular weight excluding hydrogens is 772 g/mol. The van der Waals surface area contributed by atoms with Crippen LogP contribution in [0.25, 0.3) is 22.2 Å². The second-order valence-corrected chi connectivity index (χ2v) is 17.5. The van der Waals surface area contributed by atoms with Crippen molar-refractivity contribution < 1.29 is 23.9 Å². The standard InChI is InChI=1S/C43H49ClN10O5/c44-34-21-46-42(49-38(34)33-20-45-35-4-2-1-3-30(33)35)47-28-11-12-51(23-28)24-43(25-59-26-43)53-13-9-27(10-14-53)22-50-15-17-52(18-16-50)29-5-6-31-32(19-29)41(58)54(40(31)57)36-7-8-37(55)48-39(36)56/h1-6,19-21,27-28,36,45H,7-18,22-26H2,(H,46,47,49)(H,48,55,56)/t28-,36?/m1/s1. The van der Waals surface area contributed by atoms with E-state index in [1.165, 1.54) is 12.8 Å². The predicted octanol–water partition coefficient (Wildman–Crippen LogP) is 3.47. The molecule has 0 aliphatic carbocycles. The molecule has 4 aromatic rings. The number of aromatic nitrogens is 3. The zero-order valence-electron chi connectivity index (χ0n) is 33.0. The first kappa shape index (κ1) is 38.3. The highest BCUT2D eigenvalue weighted by atomic mass is 35.5. The number of aromatic amines is 1. The number of para-hydroxylation sites is 1. The molecule has 6 aliphatic rings. The molecule has 16 heteroatoms. The van der Waals surface area contributed by atoms with Crippen LogP contribution in [0.4, 0.5) is 11.6 Å². The molecule has 6 aliphatic heterocycles. The van der Waals surface area contributed by atoms with Gasteiger partial charge < -0.3 is 19.9 Å². The summed E-state index contributed by atoms with van der Waals surface area (Å²) >= 11 is 6.60. The third kappa shape index (κ3) is 7.26. The summed E-state index contributed by atoms with van der Waals surface area (Å²) in [4.78, 5) is 74.5. The number of rotatable bonds is 10. The molecule has 0 bridgehead atoms. The summed E-state index contributed by atoms with van der Waals surface area (Å²) < 4.78 is 5.89. The van der Waals surface area contributed by atoms with Crippen LogP contribution in [0, 0.1) is 5.92 Å². The Bertz CT molecular complexity index is 2300. The largest absolute Gasteiger partial charge is 0.377 e. The fraction of sp³-hybridized carbons (Fsp3) is 0.488. The average Bonchev–Trinajstić information content (AvgIpc) is 3.93. The molecule has 308 valence electrons. The van der Waals surface area contributed by atoms with Gasteiger partial charge in [0.25, 0.3) is 11.8 Å². The van der Waals surface area contributed by atoms with Crippen molar-refractivity contribution in [2.75, 3.05) is 88.9 Å². The zero-order chi connectivity index (χ0) is 40.3. The van der Waals surface area contributed by atoms with Gasteiger partial charge in [-0.05, 0) is 69.0 Å². The van der Waals surface area contributed by atoms with Crippen molar-refractivity contribution >= 4 is 57.8 Å². The molecule has 0 radical (unpaired) electrons. The second kappa shape index (κ2) is 15.6. The van der Waals surface area contributed by atoms with Crippen molar-refractivity contribution in [2.45, 2.75) is 49.7 Å². The maximum Gasteiger partial charge on any atom is 0.262 e. The van der Waals surface area contributed by atoms with Gasteiger partial charge in [-0.15, -0.1) is 0 Å². The minimum absolute atomic E-state index is 0.0610. The van der Waals surface area contributed by atoms with E-state index in [1.807, 2.05) is 30.5 Å². The van der Waals surface area contributed by atoms with Crippen LogP contribution in [0.5, 0.6) is 0 Å². The number of nitrogens with zero attached hydrogens (tertiary/aromatic N) is 7. The number of imide groups is 2. The van der Waals surface area contributed by atoms with Crippen molar-refractivity contribution in [2.24, 2.45) is 5.92 Å². The van der Waals surface area contributed by atoms with E-state index in [4.69, 9.17) is 21.3 Å². The summed E-state index contributed by atoms with van der Waals surface area (Å²) in [5.41, 5.74) is 4.35. The Morgan fingerprint density at radius 2 is 1.66 bits per heavy atom. The SMILES string of the molecule is O=C1CCC(N2C(=O)c3ccc(N4CCN(CC5CCN(C6(CN7CC[C@@H](Nc8ncc(Cl)c(-c9c[nH]c%10ccccc9%10)n8)C7)COC6)CC5)CC4)cc3C2=O)C(=O)N1. The molecule has 2 atom stereocenters. The van der Waals surface area contributed by atoms with Crippen molar-refractivity contribution in [1.82, 2.24) is 39.9 Å². The topological polar surface area (TPSA) is 159 Å². The van der Waals surface area contributed by atoms with E-state index in [2.05, 4.69) is 46.3 Å². The zero-order valence-corrected chi connectivity index (χ0v) is 33.8. The molecule has 3 N–H and O–H groups in total. The number of piperazine rings is 1. The third-order valence-electron chi connectivity index (χ3n) is 13.4. The van der Waals surface area contributed by atoms with Gasteiger partial charge in [-0.3, -0.25) is 44.1 Å². The van der Waals surface area contributed by atoms with E-state index < -0.39 is 23.8 Å². The number of halogens is 1. The number of anilines is 2. The Labute approximate surface area is 347 Å². The summed E-state index contributed by atoms with van der Waals surface area (Å²) in [5, 5.41) is 7.47. The van der Waals surface area contributed by atoms with Gasteiger partial charge in [-0.2, -0.15) is 0 Å².